The van der Waals surface area contributed by atoms with Crippen molar-refractivity contribution in [1.82, 2.24) is 15.2 Å². The average Bonchev–Trinajstić information content (AvgIpc) is 2.69. The van der Waals surface area contributed by atoms with Crippen LogP contribution in [0.3, 0.4) is 0 Å². The molecule has 0 spiro atoms. The van der Waals surface area contributed by atoms with Gasteiger partial charge in [-0.15, -0.1) is 5.10 Å². The third-order valence-electron chi connectivity index (χ3n) is 3.43. The molecule has 7 nitrogen and oxygen atoms in total. The zero-order chi connectivity index (χ0) is 17.5. The van der Waals surface area contributed by atoms with Crippen LogP contribution in [0, 0.1) is 0 Å². The molecule has 0 atom stereocenters. The molecule has 1 heterocycles. The lowest BCUT2D eigenvalue weighted by molar-refractivity contribution is 0.402. The van der Waals surface area contributed by atoms with Gasteiger partial charge in [0.05, 0.1) is 32.3 Å². The minimum atomic E-state index is 0.305. The molecule has 0 radical (unpaired) electrons. The maximum atomic E-state index is 5.31. The van der Waals surface area contributed by atoms with Crippen LogP contribution in [0.4, 0.5) is 5.95 Å². The highest BCUT2D eigenvalue weighted by Crippen LogP contribution is 2.22. The highest BCUT2D eigenvalue weighted by molar-refractivity contribution is 5.84. The highest BCUT2D eigenvalue weighted by atomic mass is 16.5. The van der Waals surface area contributed by atoms with Gasteiger partial charge in [-0.3, -0.25) is 0 Å². The monoisotopic (exact) mass is 335 g/mol. The average molecular weight is 335 g/mol. The third-order valence-corrected chi connectivity index (χ3v) is 3.43. The van der Waals surface area contributed by atoms with Crippen molar-refractivity contribution in [3.05, 3.63) is 60.3 Å². The fourth-order valence-corrected chi connectivity index (χ4v) is 2.20. The lowest BCUT2D eigenvalue weighted by Gasteiger charge is -2.06. The van der Waals surface area contributed by atoms with Crippen molar-refractivity contribution in [2.45, 2.75) is 0 Å². The summed E-state index contributed by atoms with van der Waals surface area (Å²) in [6.45, 7) is 0. The summed E-state index contributed by atoms with van der Waals surface area (Å²) >= 11 is 0. The third kappa shape index (κ3) is 4.08. The molecule has 7 heteroatoms. The van der Waals surface area contributed by atoms with Gasteiger partial charge < -0.3 is 9.47 Å². The van der Waals surface area contributed by atoms with E-state index in [9.17, 15) is 0 Å². The summed E-state index contributed by atoms with van der Waals surface area (Å²) in [5, 5.41) is 12.0. The Balaban J connectivity index is 1.77. The molecule has 1 N–H and O–H groups in total. The molecule has 0 saturated carbocycles. The van der Waals surface area contributed by atoms with Gasteiger partial charge in [0.15, 0.2) is 0 Å². The van der Waals surface area contributed by atoms with Gasteiger partial charge in [0.2, 0.25) is 0 Å². The molecule has 3 aromatic rings. The predicted molar refractivity (Wildman–Crippen MR) is 96.0 cm³/mol. The van der Waals surface area contributed by atoms with Crippen LogP contribution < -0.4 is 14.9 Å². The zero-order valence-electron chi connectivity index (χ0n) is 13.9. The van der Waals surface area contributed by atoms with Crippen molar-refractivity contribution >= 4 is 12.2 Å². The van der Waals surface area contributed by atoms with E-state index in [0.29, 0.717) is 23.1 Å². The first-order chi connectivity index (χ1) is 12.3. The summed E-state index contributed by atoms with van der Waals surface area (Å²) in [7, 11) is 3.21. The fourth-order valence-electron chi connectivity index (χ4n) is 2.20. The van der Waals surface area contributed by atoms with Crippen molar-refractivity contribution in [1.29, 1.82) is 0 Å². The van der Waals surface area contributed by atoms with E-state index in [1.54, 1.807) is 26.6 Å². The first-order valence-corrected chi connectivity index (χ1v) is 7.56. The lowest BCUT2D eigenvalue weighted by Crippen LogP contribution is -2.00. The zero-order valence-corrected chi connectivity index (χ0v) is 13.9. The second kappa shape index (κ2) is 7.87. The van der Waals surface area contributed by atoms with Gasteiger partial charge in [0.1, 0.15) is 11.5 Å². The smallest absolute Gasteiger partial charge is 0.263 e. The summed E-state index contributed by atoms with van der Waals surface area (Å²) in [5.74, 6) is 1.70. The first-order valence-electron chi connectivity index (χ1n) is 7.56. The number of hydrogen-bond acceptors (Lipinski definition) is 7. The summed E-state index contributed by atoms with van der Waals surface area (Å²) in [5.41, 5.74) is 5.22. The van der Waals surface area contributed by atoms with Crippen LogP contribution in [0.5, 0.6) is 11.5 Å². The number of nitrogens with one attached hydrogen (secondary N) is 1. The van der Waals surface area contributed by atoms with Gasteiger partial charge in [0.25, 0.3) is 5.95 Å². The minimum Gasteiger partial charge on any atom is -0.497 e. The Hall–Kier alpha value is -3.48. The van der Waals surface area contributed by atoms with Crippen LogP contribution >= 0.6 is 0 Å². The number of rotatable bonds is 6. The largest absolute Gasteiger partial charge is 0.497 e. The molecule has 0 saturated heterocycles. The van der Waals surface area contributed by atoms with Crippen molar-refractivity contribution in [2.75, 3.05) is 19.6 Å². The van der Waals surface area contributed by atoms with Gasteiger partial charge >= 0.3 is 0 Å². The molecule has 1 aromatic heterocycles. The van der Waals surface area contributed by atoms with Crippen LogP contribution in [0.2, 0.25) is 0 Å². The topological polar surface area (TPSA) is 81.5 Å². The number of benzene rings is 2. The van der Waals surface area contributed by atoms with E-state index in [1.165, 1.54) is 0 Å². The Kier molecular flexibility index (Phi) is 5.16. The normalized spacial score (nSPS) is 10.6. The number of hydrazone groups is 1. The highest BCUT2D eigenvalue weighted by Gasteiger charge is 2.04. The second-order valence-corrected chi connectivity index (χ2v) is 5.01. The Morgan fingerprint density at radius 3 is 2.64 bits per heavy atom. The van der Waals surface area contributed by atoms with E-state index in [2.05, 4.69) is 25.7 Å². The quantitative estimate of drug-likeness (QED) is 0.551. The molecule has 0 fully saturated rings. The summed E-state index contributed by atoms with van der Waals surface area (Å²) in [4.78, 5) is 4.40. The second-order valence-electron chi connectivity index (χ2n) is 5.01. The summed E-state index contributed by atoms with van der Waals surface area (Å²) in [6.07, 6.45) is 3.22. The van der Waals surface area contributed by atoms with E-state index in [4.69, 9.17) is 9.47 Å². The van der Waals surface area contributed by atoms with Gasteiger partial charge in [-0.25, -0.2) is 10.4 Å². The number of anilines is 1. The number of ether oxygens (including phenoxy) is 2. The Morgan fingerprint density at radius 1 is 1.04 bits per heavy atom. The molecule has 3 rings (SSSR count). The molecule has 126 valence electrons. The van der Waals surface area contributed by atoms with E-state index in [-0.39, 0.29) is 0 Å². The van der Waals surface area contributed by atoms with E-state index in [1.807, 2.05) is 48.5 Å². The van der Waals surface area contributed by atoms with Crippen LogP contribution in [-0.2, 0) is 0 Å². The molecule has 0 amide bonds. The molecule has 0 aliphatic rings. The Labute approximate surface area is 145 Å². The van der Waals surface area contributed by atoms with E-state index >= 15 is 0 Å². The molecule has 0 aliphatic carbocycles. The number of methoxy groups -OCH3 is 2. The van der Waals surface area contributed by atoms with Crippen molar-refractivity contribution in [3.63, 3.8) is 0 Å². The molecule has 0 aliphatic heterocycles. The van der Waals surface area contributed by atoms with Crippen molar-refractivity contribution in [3.8, 4) is 22.8 Å². The first kappa shape index (κ1) is 16.4. The summed E-state index contributed by atoms with van der Waals surface area (Å²) in [6, 6.07) is 15.2. The number of aromatic nitrogens is 3. The summed E-state index contributed by atoms with van der Waals surface area (Å²) < 4.78 is 10.5. The Bertz CT molecular complexity index is 868. The number of hydrogen-bond donors (Lipinski definition) is 1. The number of nitrogens with zero attached hydrogens (tertiary/aromatic N) is 4. The van der Waals surface area contributed by atoms with Crippen molar-refractivity contribution < 1.29 is 9.47 Å². The fraction of sp³-hybridized carbons (Fsp3) is 0.111. The van der Waals surface area contributed by atoms with Gasteiger partial charge in [-0.1, -0.05) is 30.3 Å². The standard InChI is InChI=1S/C18H17N5O2/c1-24-15-8-9-17(25-2)14(10-15)11-19-22-18-21-16(12-20-23-18)13-6-4-3-5-7-13/h3-12H,1-2H3,(H,21,22,23)/b19-11-. The van der Waals surface area contributed by atoms with E-state index in [0.717, 1.165) is 11.1 Å². The lowest BCUT2D eigenvalue weighted by atomic mass is 10.2. The van der Waals surface area contributed by atoms with E-state index < -0.39 is 0 Å². The van der Waals surface area contributed by atoms with Gasteiger partial charge in [-0.2, -0.15) is 10.2 Å². The predicted octanol–water partition coefficient (Wildman–Crippen LogP) is 3.00. The van der Waals surface area contributed by atoms with Crippen LogP contribution in [0.25, 0.3) is 11.3 Å². The van der Waals surface area contributed by atoms with Crippen LogP contribution in [0.15, 0.2) is 59.8 Å². The minimum absolute atomic E-state index is 0.305. The molecule has 25 heavy (non-hydrogen) atoms. The van der Waals surface area contributed by atoms with Gasteiger partial charge in [-0.05, 0) is 18.2 Å². The molecule has 0 bridgehead atoms. The van der Waals surface area contributed by atoms with Crippen LogP contribution in [0.1, 0.15) is 5.56 Å². The van der Waals surface area contributed by atoms with Crippen molar-refractivity contribution in [2.24, 2.45) is 5.10 Å². The molecular formula is C18H17N5O2. The molecule has 2 aromatic carbocycles. The maximum absolute atomic E-state index is 5.31. The SMILES string of the molecule is COc1ccc(OC)c(/C=N\Nc2nncc(-c3ccccc3)n2)c1. The Morgan fingerprint density at radius 2 is 1.88 bits per heavy atom. The maximum Gasteiger partial charge on any atom is 0.263 e. The van der Waals surface area contributed by atoms with Gasteiger partial charge in [0, 0.05) is 11.1 Å². The van der Waals surface area contributed by atoms with Crippen LogP contribution in [-0.4, -0.2) is 35.6 Å². The molecular weight excluding hydrogens is 318 g/mol. The molecule has 0 unspecified atom stereocenters.